The molecule has 12 heteroatoms. The molecule has 9 nitrogen and oxygen atoms in total. The van der Waals surface area contributed by atoms with Crippen molar-refractivity contribution < 1.29 is 27.2 Å². The lowest BCUT2D eigenvalue weighted by molar-refractivity contribution is -0.274. The van der Waals surface area contributed by atoms with Crippen LogP contribution in [0.4, 0.5) is 18.9 Å². The molecule has 0 aliphatic carbocycles. The van der Waals surface area contributed by atoms with Gasteiger partial charge in [-0.2, -0.15) is 10.4 Å². The average molecular weight is 529 g/mol. The molecule has 0 fully saturated rings. The summed E-state index contributed by atoms with van der Waals surface area (Å²) in [6, 6.07) is 10.2. The van der Waals surface area contributed by atoms with Gasteiger partial charge in [-0.05, 0) is 60.3 Å². The van der Waals surface area contributed by atoms with Gasteiger partial charge in [0.25, 0.3) is 0 Å². The van der Waals surface area contributed by atoms with Crippen LogP contribution >= 0.6 is 0 Å². The van der Waals surface area contributed by atoms with Gasteiger partial charge in [0, 0.05) is 36.3 Å². The van der Waals surface area contributed by atoms with Crippen LogP contribution < -0.4 is 15.4 Å². The van der Waals surface area contributed by atoms with Crippen molar-refractivity contribution in [1.29, 1.82) is 5.26 Å². The number of H-pyrrole nitrogens is 1. The Kier molecular flexibility index (Phi) is 9.18. The summed E-state index contributed by atoms with van der Waals surface area (Å²) in [5, 5.41) is 27.3. The van der Waals surface area contributed by atoms with Crippen LogP contribution in [0, 0.1) is 11.3 Å². The van der Waals surface area contributed by atoms with Gasteiger partial charge in [-0.15, -0.1) is 13.2 Å². The van der Waals surface area contributed by atoms with E-state index in [9.17, 15) is 13.2 Å². The number of hydrogen-bond donors (Lipinski definition) is 3. The predicted octanol–water partition coefficient (Wildman–Crippen LogP) is 5.18. The number of nitrogens with one attached hydrogen (secondary N) is 3. The SMILES string of the molecule is N#CCc1cc(CNCCCCOCCNc2cc(-c3cnoc3)cc3[nH]ncc23)cc(OC(F)(F)F)c1. The predicted molar refractivity (Wildman–Crippen MR) is 134 cm³/mol. The Hall–Kier alpha value is -4.08. The zero-order chi connectivity index (χ0) is 26.8. The van der Waals surface area contributed by atoms with E-state index in [1.54, 1.807) is 24.7 Å². The molecule has 2 aromatic carbocycles. The summed E-state index contributed by atoms with van der Waals surface area (Å²) in [5.41, 5.74) is 4.77. The molecule has 0 amide bonds. The molecule has 200 valence electrons. The van der Waals surface area contributed by atoms with Crippen molar-refractivity contribution >= 4 is 16.6 Å². The largest absolute Gasteiger partial charge is 0.573 e. The highest BCUT2D eigenvalue weighted by Crippen LogP contribution is 2.30. The van der Waals surface area contributed by atoms with Gasteiger partial charge in [0.1, 0.15) is 12.0 Å². The number of hydrogen-bond acceptors (Lipinski definition) is 8. The highest BCUT2D eigenvalue weighted by molar-refractivity contribution is 5.95. The molecule has 4 rings (SSSR count). The summed E-state index contributed by atoms with van der Waals surface area (Å²) in [7, 11) is 0. The maximum absolute atomic E-state index is 12.6. The smallest absolute Gasteiger partial charge is 0.406 e. The van der Waals surface area contributed by atoms with Crippen molar-refractivity contribution in [3.8, 4) is 22.9 Å². The highest BCUT2D eigenvalue weighted by atomic mass is 19.4. The Labute approximate surface area is 216 Å². The fourth-order valence-electron chi connectivity index (χ4n) is 3.97. The summed E-state index contributed by atoms with van der Waals surface area (Å²) in [5.74, 6) is -0.317. The first-order chi connectivity index (χ1) is 18.4. The lowest BCUT2D eigenvalue weighted by Crippen LogP contribution is -2.18. The average Bonchev–Trinajstić information content (AvgIpc) is 3.56. The molecule has 4 aromatic rings. The lowest BCUT2D eigenvalue weighted by atomic mass is 10.1. The van der Waals surface area contributed by atoms with Crippen molar-refractivity contribution in [2.45, 2.75) is 32.2 Å². The van der Waals surface area contributed by atoms with Gasteiger partial charge in [0.2, 0.25) is 0 Å². The van der Waals surface area contributed by atoms with E-state index in [1.165, 1.54) is 12.1 Å². The number of ether oxygens (including phenoxy) is 2. The Balaban J connectivity index is 1.14. The van der Waals surface area contributed by atoms with Crippen LogP contribution in [-0.2, 0) is 17.7 Å². The zero-order valence-electron chi connectivity index (χ0n) is 20.5. The molecule has 38 heavy (non-hydrogen) atoms. The van der Waals surface area contributed by atoms with E-state index < -0.39 is 6.36 Å². The van der Waals surface area contributed by atoms with Crippen molar-refractivity contribution in [2.24, 2.45) is 0 Å². The second-order valence-corrected chi connectivity index (χ2v) is 8.56. The molecule has 0 spiro atoms. The van der Waals surface area contributed by atoms with Gasteiger partial charge in [-0.25, -0.2) is 0 Å². The first-order valence-electron chi connectivity index (χ1n) is 12.1. The third-order valence-corrected chi connectivity index (χ3v) is 5.65. The topological polar surface area (TPSA) is 121 Å². The number of fused-ring (bicyclic) bond motifs is 1. The molecule has 0 saturated heterocycles. The van der Waals surface area contributed by atoms with Crippen LogP contribution in [0.5, 0.6) is 5.75 Å². The number of halogens is 3. The standard InChI is InChI=1S/C26H27F3N6O3/c27-26(28,29)38-22-10-18(3-4-30)9-19(11-22)14-31-5-1-2-7-36-8-6-32-24-12-20(21-15-34-37-17-21)13-25-23(24)16-33-35-25/h9-13,15-17,31-32H,1-3,5-8,14H2,(H,33,35). The summed E-state index contributed by atoms with van der Waals surface area (Å²) in [6.45, 7) is 2.78. The number of nitrogens with zero attached hydrogens (tertiary/aromatic N) is 3. The molecule has 0 saturated carbocycles. The highest BCUT2D eigenvalue weighted by Gasteiger charge is 2.31. The molecule has 0 atom stereocenters. The van der Waals surface area contributed by atoms with Crippen molar-refractivity contribution in [2.75, 3.05) is 31.6 Å². The number of nitriles is 1. The fourth-order valence-corrected chi connectivity index (χ4v) is 3.97. The van der Waals surface area contributed by atoms with Crippen LogP contribution in [0.2, 0.25) is 0 Å². The van der Waals surface area contributed by atoms with E-state index in [-0.39, 0.29) is 12.2 Å². The normalized spacial score (nSPS) is 11.5. The molecule has 0 aliphatic rings. The molecule has 2 aromatic heterocycles. The second-order valence-electron chi connectivity index (χ2n) is 8.56. The molecule has 0 aliphatic heterocycles. The van der Waals surface area contributed by atoms with Gasteiger partial charge >= 0.3 is 6.36 Å². The molecule has 2 heterocycles. The van der Waals surface area contributed by atoms with Gasteiger partial charge in [0.15, 0.2) is 0 Å². The quantitative estimate of drug-likeness (QED) is 0.192. The molecule has 3 N–H and O–H groups in total. The minimum atomic E-state index is -4.78. The molecule has 0 bridgehead atoms. The van der Waals surface area contributed by atoms with Crippen LogP contribution in [0.1, 0.15) is 24.0 Å². The van der Waals surface area contributed by atoms with E-state index in [4.69, 9.17) is 14.5 Å². The molecule has 0 unspecified atom stereocenters. The number of unbranched alkanes of at least 4 members (excludes halogenated alkanes) is 1. The summed E-state index contributed by atoms with van der Waals surface area (Å²) in [4.78, 5) is 0. The minimum Gasteiger partial charge on any atom is -0.406 e. The lowest BCUT2D eigenvalue weighted by Gasteiger charge is -2.12. The van der Waals surface area contributed by atoms with Crippen molar-refractivity contribution in [3.63, 3.8) is 0 Å². The van der Waals surface area contributed by atoms with E-state index >= 15 is 0 Å². The van der Waals surface area contributed by atoms with Crippen molar-refractivity contribution in [1.82, 2.24) is 20.7 Å². The van der Waals surface area contributed by atoms with E-state index in [2.05, 4.69) is 30.7 Å². The third kappa shape index (κ3) is 7.96. The third-order valence-electron chi connectivity index (χ3n) is 5.65. The number of benzene rings is 2. The summed E-state index contributed by atoms with van der Waals surface area (Å²) in [6.07, 6.45) is 1.92. The molecular formula is C26H27F3N6O3. The first-order valence-corrected chi connectivity index (χ1v) is 12.1. The maximum Gasteiger partial charge on any atom is 0.573 e. The Morgan fingerprint density at radius 3 is 2.66 bits per heavy atom. The first kappa shape index (κ1) is 27.0. The van der Waals surface area contributed by atoms with Gasteiger partial charge in [-0.3, -0.25) is 5.10 Å². The number of aromatic nitrogens is 3. The van der Waals surface area contributed by atoms with Crippen LogP contribution in [0.25, 0.3) is 22.0 Å². The Morgan fingerprint density at radius 1 is 1.00 bits per heavy atom. The van der Waals surface area contributed by atoms with E-state index in [1.807, 2.05) is 18.2 Å². The van der Waals surface area contributed by atoms with Crippen LogP contribution in [-0.4, -0.2) is 48.0 Å². The number of anilines is 1. The zero-order valence-corrected chi connectivity index (χ0v) is 20.5. The minimum absolute atomic E-state index is 0.00844. The van der Waals surface area contributed by atoms with Gasteiger partial charge in [-0.1, -0.05) is 11.2 Å². The maximum atomic E-state index is 12.6. The van der Waals surface area contributed by atoms with Gasteiger partial charge < -0.3 is 24.6 Å². The summed E-state index contributed by atoms with van der Waals surface area (Å²) >= 11 is 0. The van der Waals surface area contributed by atoms with E-state index in [0.29, 0.717) is 44.0 Å². The molecular weight excluding hydrogens is 501 g/mol. The Morgan fingerprint density at radius 2 is 1.87 bits per heavy atom. The number of rotatable bonds is 14. The molecule has 0 radical (unpaired) electrons. The van der Waals surface area contributed by atoms with E-state index in [0.717, 1.165) is 40.6 Å². The summed E-state index contributed by atoms with van der Waals surface area (Å²) < 4.78 is 52.4. The Bertz CT molecular complexity index is 1350. The second kappa shape index (κ2) is 12.9. The van der Waals surface area contributed by atoms with Crippen molar-refractivity contribution in [3.05, 3.63) is 60.1 Å². The number of alkyl halides is 3. The monoisotopic (exact) mass is 528 g/mol. The fraction of sp³-hybridized carbons (Fsp3) is 0.346. The van der Waals surface area contributed by atoms with Crippen LogP contribution in [0.3, 0.4) is 0 Å². The number of aromatic amines is 1. The van der Waals surface area contributed by atoms with Crippen LogP contribution in [0.15, 0.2) is 53.5 Å². The van der Waals surface area contributed by atoms with Gasteiger partial charge in [0.05, 0.1) is 37.0 Å².